The molecule has 0 saturated carbocycles. The molecule has 0 amide bonds. The third-order valence-corrected chi connectivity index (χ3v) is 4.88. The summed E-state index contributed by atoms with van der Waals surface area (Å²) in [5.41, 5.74) is 1.18. The van der Waals surface area contributed by atoms with Gasteiger partial charge in [0.05, 0.1) is 6.04 Å². The minimum Gasteiger partial charge on any atom is -0.476 e. The summed E-state index contributed by atoms with van der Waals surface area (Å²) in [4.78, 5) is 4.35. The average Bonchev–Trinajstić information content (AvgIpc) is 3.02. The van der Waals surface area contributed by atoms with E-state index in [2.05, 4.69) is 10.3 Å². The summed E-state index contributed by atoms with van der Waals surface area (Å²) >= 11 is 0. The second kappa shape index (κ2) is 8.18. The minimum absolute atomic E-state index is 0.0212. The molecule has 0 radical (unpaired) electrons. The molecule has 1 aliphatic rings. The summed E-state index contributed by atoms with van der Waals surface area (Å²) in [6.45, 7) is 14.2. The van der Waals surface area contributed by atoms with Gasteiger partial charge in [0.2, 0.25) is 5.90 Å². The molecule has 0 bridgehead atoms. The Kier molecular flexibility index (Phi) is 6.51. The topological polar surface area (TPSA) is 33.6 Å². The number of hydrogen-bond acceptors (Lipinski definition) is 3. The molecule has 1 atom stereocenters. The quantitative estimate of drug-likeness (QED) is 0.606. The Morgan fingerprint density at radius 1 is 1.11 bits per heavy atom. The van der Waals surface area contributed by atoms with Crippen molar-refractivity contribution in [2.75, 3.05) is 11.9 Å². The summed E-state index contributed by atoms with van der Waals surface area (Å²) in [6.07, 6.45) is -3.57. The smallest absolute Gasteiger partial charge is 0.431 e. The van der Waals surface area contributed by atoms with Crippen LogP contribution in [0.4, 0.5) is 18.9 Å². The first-order valence-corrected chi connectivity index (χ1v) is 9.70. The normalized spacial score (nSPS) is 18.5. The van der Waals surface area contributed by atoms with Crippen molar-refractivity contribution < 1.29 is 17.9 Å². The van der Waals surface area contributed by atoms with Crippen molar-refractivity contribution in [3.8, 4) is 0 Å². The van der Waals surface area contributed by atoms with Gasteiger partial charge in [-0.1, -0.05) is 66.7 Å². The van der Waals surface area contributed by atoms with Crippen LogP contribution in [0.5, 0.6) is 0 Å². The molecule has 0 aromatic heterocycles. The Morgan fingerprint density at radius 2 is 1.64 bits per heavy atom. The van der Waals surface area contributed by atoms with Crippen molar-refractivity contribution >= 4 is 11.6 Å². The van der Waals surface area contributed by atoms with Crippen LogP contribution < -0.4 is 5.32 Å². The van der Waals surface area contributed by atoms with Gasteiger partial charge in [0.1, 0.15) is 12.3 Å². The summed E-state index contributed by atoms with van der Waals surface area (Å²) in [6, 6.07) is 5.46. The van der Waals surface area contributed by atoms with Crippen LogP contribution in [-0.4, -0.2) is 24.7 Å². The number of nitrogens with one attached hydrogen (secondary N) is 1. The van der Waals surface area contributed by atoms with E-state index in [-0.39, 0.29) is 29.2 Å². The Labute approximate surface area is 166 Å². The molecular weight excluding hydrogens is 365 g/mol. The summed E-state index contributed by atoms with van der Waals surface area (Å²) < 4.78 is 46.9. The van der Waals surface area contributed by atoms with Gasteiger partial charge in [-0.2, -0.15) is 13.2 Å². The number of allylic oxidation sites excluding steroid dienone is 1. The van der Waals surface area contributed by atoms with E-state index in [4.69, 9.17) is 4.74 Å². The number of benzene rings is 1. The average molecular weight is 396 g/mol. The third kappa shape index (κ3) is 5.30. The lowest BCUT2D eigenvalue weighted by Crippen LogP contribution is -2.25. The molecule has 1 heterocycles. The fourth-order valence-corrected chi connectivity index (χ4v) is 3.06. The highest BCUT2D eigenvalue weighted by atomic mass is 19.4. The number of rotatable bonds is 5. The monoisotopic (exact) mass is 396 g/mol. The molecule has 1 aliphatic heterocycles. The van der Waals surface area contributed by atoms with Crippen molar-refractivity contribution in [3.05, 3.63) is 41.1 Å². The van der Waals surface area contributed by atoms with E-state index in [1.54, 1.807) is 0 Å². The van der Waals surface area contributed by atoms with Gasteiger partial charge in [0, 0.05) is 11.8 Å². The van der Waals surface area contributed by atoms with Crippen LogP contribution >= 0.6 is 0 Å². The third-order valence-electron chi connectivity index (χ3n) is 4.88. The molecule has 6 heteroatoms. The van der Waals surface area contributed by atoms with E-state index in [1.807, 2.05) is 66.7 Å². The van der Waals surface area contributed by atoms with E-state index in [0.29, 0.717) is 12.3 Å². The van der Waals surface area contributed by atoms with Crippen LogP contribution in [0.3, 0.4) is 0 Å². The second-order valence-corrected chi connectivity index (χ2v) is 8.96. The van der Waals surface area contributed by atoms with Gasteiger partial charge in [0.15, 0.2) is 0 Å². The molecule has 3 nitrogen and oxygen atoms in total. The number of anilines is 1. The Morgan fingerprint density at radius 3 is 2.04 bits per heavy atom. The molecule has 0 fully saturated rings. The molecule has 0 unspecified atom stereocenters. The maximum Gasteiger partial charge on any atom is 0.431 e. The van der Waals surface area contributed by atoms with Gasteiger partial charge in [0.25, 0.3) is 0 Å². The fourth-order valence-electron chi connectivity index (χ4n) is 3.06. The van der Waals surface area contributed by atoms with Crippen LogP contribution in [0.15, 0.2) is 35.0 Å². The summed E-state index contributed by atoms with van der Waals surface area (Å²) in [5.74, 6) is 0.190. The number of aliphatic imine (C=N–C) groups is 1. The van der Waals surface area contributed by atoms with Gasteiger partial charge in [-0.3, -0.25) is 0 Å². The van der Waals surface area contributed by atoms with E-state index >= 15 is 0 Å². The Bertz CT molecular complexity index is 730. The van der Waals surface area contributed by atoms with Gasteiger partial charge < -0.3 is 10.1 Å². The molecule has 1 aromatic rings. The van der Waals surface area contributed by atoms with Crippen LogP contribution in [0.1, 0.15) is 71.4 Å². The highest BCUT2D eigenvalue weighted by Crippen LogP contribution is 2.36. The number of para-hydroxylation sites is 1. The second-order valence-electron chi connectivity index (χ2n) is 8.96. The number of halogens is 3. The predicted octanol–water partition coefficient (Wildman–Crippen LogP) is 6.63. The maximum atomic E-state index is 13.8. The highest BCUT2D eigenvalue weighted by molar-refractivity contribution is 5.90. The van der Waals surface area contributed by atoms with Crippen molar-refractivity contribution in [3.63, 3.8) is 0 Å². The first-order chi connectivity index (χ1) is 12.8. The van der Waals surface area contributed by atoms with Crippen molar-refractivity contribution in [1.29, 1.82) is 0 Å². The molecule has 156 valence electrons. The van der Waals surface area contributed by atoms with Gasteiger partial charge in [-0.15, -0.1) is 0 Å². The van der Waals surface area contributed by atoms with E-state index in [0.717, 1.165) is 17.2 Å². The summed E-state index contributed by atoms with van der Waals surface area (Å²) in [7, 11) is 0. The maximum absolute atomic E-state index is 13.8. The first kappa shape index (κ1) is 22.3. The lowest BCUT2D eigenvalue weighted by Gasteiger charge is -2.23. The minimum atomic E-state index is -4.55. The molecule has 28 heavy (non-hydrogen) atoms. The fraction of sp³-hybridized carbons (Fsp3) is 0.591. The first-order valence-electron chi connectivity index (χ1n) is 9.70. The van der Waals surface area contributed by atoms with Crippen LogP contribution in [0.2, 0.25) is 0 Å². The molecule has 2 rings (SSSR count). The number of nitrogens with zero attached hydrogens (tertiary/aromatic N) is 1. The molecular formula is C22H31F3N2O. The lowest BCUT2D eigenvalue weighted by molar-refractivity contribution is -0.0902. The van der Waals surface area contributed by atoms with Crippen molar-refractivity contribution in [2.24, 2.45) is 10.4 Å². The lowest BCUT2D eigenvalue weighted by atomic mass is 9.88. The zero-order valence-corrected chi connectivity index (χ0v) is 17.7. The van der Waals surface area contributed by atoms with Crippen LogP contribution in [-0.2, 0) is 4.74 Å². The SMILES string of the molecule is CC(C)c1cccc(C(C)C)c1NC(=CC1=N[C@@H](C(C)(C)C)CO1)C(F)(F)F. The highest BCUT2D eigenvalue weighted by Gasteiger charge is 2.37. The predicted molar refractivity (Wildman–Crippen MR) is 109 cm³/mol. The van der Waals surface area contributed by atoms with E-state index in [1.165, 1.54) is 0 Å². The van der Waals surface area contributed by atoms with E-state index in [9.17, 15) is 13.2 Å². The standard InChI is InChI=1S/C22H31F3N2O/c1-13(2)15-9-8-10-16(14(3)4)20(15)27-17(22(23,24)25)11-19-26-18(12-28-19)21(5,6)7/h8-11,13-14,18,27H,12H2,1-7H3/t18-/m1/s1. The Hall–Kier alpha value is -1.98. The number of ether oxygens (including phenoxy) is 1. The molecule has 1 N–H and O–H groups in total. The largest absolute Gasteiger partial charge is 0.476 e. The van der Waals surface area contributed by atoms with Gasteiger partial charge >= 0.3 is 6.18 Å². The molecule has 0 aliphatic carbocycles. The zero-order valence-electron chi connectivity index (χ0n) is 17.7. The van der Waals surface area contributed by atoms with E-state index < -0.39 is 11.9 Å². The van der Waals surface area contributed by atoms with Crippen LogP contribution in [0, 0.1) is 5.41 Å². The number of alkyl halides is 3. The van der Waals surface area contributed by atoms with Crippen molar-refractivity contribution in [2.45, 2.75) is 72.5 Å². The van der Waals surface area contributed by atoms with Crippen molar-refractivity contribution in [1.82, 2.24) is 0 Å². The van der Waals surface area contributed by atoms with Gasteiger partial charge in [-0.05, 0) is 28.4 Å². The molecule has 0 saturated heterocycles. The Balaban J connectivity index is 2.48. The van der Waals surface area contributed by atoms with Gasteiger partial charge in [-0.25, -0.2) is 4.99 Å². The zero-order chi connectivity index (χ0) is 21.3. The molecule has 1 aromatic carbocycles. The number of hydrogen-bond donors (Lipinski definition) is 1. The molecule has 0 spiro atoms. The van der Waals surface area contributed by atoms with Crippen LogP contribution in [0.25, 0.3) is 0 Å². The summed E-state index contributed by atoms with van der Waals surface area (Å²) in [5, 5.41) is 2.67.